The summed E-state index contributed by atoms with van der Waals surface area (Å²) in [4.78, 5) is 34.5. The molecule has 24 heavy (non-hydrogen) atoms. The van der Waals surface area contributed by atoms with Gasteiger partial charge in [-0.05, 0) is 41.5 Å². The van der Waals surface area contributed by atoms with Crippen molar-refractivity contribution in [2.75, 3.05) is 0 Å². The lowest BCUT2D eigenvalue weighted by Crippen LogP contribution is -2.46. The third-order valence-corrected chi connectivity index (χ3v) is 2.24. The Hall–Kier alpha value is -2.38. The number of alkyl carbamates (subject to hydrolysis) is 1. The van der Waals surface area contributed by atoms with Crippen LogP contribution in [0.3, 0.4) is 0 Å². The number of aliphatic hydroxyl groups excluding tert-OH is 1. The third kappa shape index (κ3) is 10.4. The van der Waals surface area contributed by atoms with Crippen molar-refractivity contribution in [1.82, 2.24) is 5.32 Å². The van der Waals surface area contributed by atoms with E-state index in [1.165, 1.54) is 0 Å². The molecule has 1 unspecified atom stereocenters. The first-order valence-electron chi connectivity index (χ1n) is 7.39. The van der Waals surface area contributed by atoms with Crippen LogP contribution in [0.15, 0.2) is 11.8 Å². The van der Waals surface area contributed by atoms with Gasteiger partial charge in [-0.25, -0.2) is 9.59 Å². The van der Waals surface area contributed by atoms with Gasteiger partial charge in [0, 0.05) is 12.5 Å². The molecule has 0 aliphatic rings. The predicted molar refractivity (Wildman–Crippen MR) is 88.1 cm³/mol. The molecule has 1 atom stereocenters. The fourth-order valence-electron chi connectivity index (χ4n) is 1.50. The molecule has 0 saturated carbocycles. The average molecular weight is 342 g/mol. The smallest absolute Gasteiger partial charge is 0.408 e. The monoisotopic (exact) mass is 342 g/mol. The van der Waals surface area contributed by atoms with E-state index in [2.05, 4.69) is 5.32 Å². The van der Waals surface area contributed by atoms with Gasteiger partial charge in [0.1, 0.15) is 17.2 Å². The first-order chi connectivity index (χ1) is 10.7. The number of carbonyl (C=O) groups is 3. The summed E-state index contributed by atoms with van der Waals surface area (Å²) in [5, 5.41) is 19.3. The molecule has 0 aliphatic heterocycles. The summed E-state index contributed by atoms with van der Waals surface area (Å²) in [6.45, 7) is 9.97. The number of allylic oxidation sites excluding steroid dienone is 1. The van der Waals surface area contributed by atoms with Gasteiger partial charge in [-0.1, -0.05) is 0 Å². The molecule has 0 spiro atoms. The van der Waals surface area contributed by atoms with Gasteiger partial charge in [0.05, 0.1) is 11.5 Å². The van der Waals surface area contributed by atoms with E-state index in [1.54, 1.807) is 41.5 Å². The largest absolute Gasteiger partial charge is 0.512 e. The van der Waals surface area contributed by atoms with Gasteiger partial charge < -0.3 is 19.9 Å². The molecule has 0 bridgehead atoms. The summed E-state index contributed by atoms with van der Waals surface area (Å²) in [6, 6.07) is -1.23. The maximum absolute atomic E-state index is 12.2. The van der Waals surface area contributed by atoms with Crippen molar-refractivity contribution in [3.63, 3.8) is 0 Å². The number of carbonyl (C=O) groups excluding carboxylic acids is 3. The van der Waals surface area contributed by atoms with Crippen molar-refractivity contribution in [2.24, 2.45) is 0 Å². The number of aliphatic hydroxyl groups is 1. The minimum absolute atomic E-state index is 0.236. The Bertz CT molecular complexity index is 526. The molecular formula is C16H26N2O6. The number of nitrogens with one attached hydrogen (secondary N) is 2. The summed E-state index contributed by atoms with van der Waals surface area (Å²) in [5.74, 6) is -1.19. The maximum Gasteiger partial charge on any atom is 0.408 e. The summed E-state index contributed by atoms with van der Waals surface area (Å²) < 4.78 is 10.3. The number of amides is 1. The molecule has 0 aliphatic carbocycles. The van der Waals surface area contributed by atoms with Crippen molar-refractivity contribution in [3.05, 3.63) is 11.8 Å². The van der Waals surface area contributed by atoms with Crippen molar-refractivity contribution < 1.29 is 29.0 Å². The second kappa shape index (κ2) is 8.47. The molecule has 8 heteroatoms. The lowest BCUT2D eigenvalue weighted by Gasteiger charge is -2.26. The Kier molecular flexibility index (Phi) is 7.63. The zero-order valence-corrected chi connectivity index (χ0v) is 14.9. The number of rotatable bonds is 6. The van der Waals surface area contributed by atoms with Crippen molar-refractivity contribution >= 4 is 24.1 Å². The molecule has 0 radical (unpaired) electrons. The number of hydrogen-bond acceptors (Lipinski definition) is 7. The molecule has 0 aromatic carbocycles. The standard InChI is InChI=1S/C16H26N2O6/c1-15(2,3)23-13(21)12(8-11(20)7-10(17)9-19)18-14(22)24-16(4,5)6/h7,9,12,17,20H,8H2,1-6H3,(H,18,22)/b11-7-,17-10?. The first-order valence-corrected chi connectivity index (χ1v) is 7.39. The molecule has 0 saturated heterocycles. The van der Waals surface area contributed by atoms with Crippen LogP contribution in [0.1, 0.15) is 48.0 Å². The van der Waals surface area contributed by atoms with E-state index in [0.29, 0.717) is 0 Å². The number of ether oxygens (including phenoxy) is 2. The topological polar surface area (TPSA) is 126 Å². The van der Waals surface area contributed by atoms with Gasteiger partial charge in [-0.15, -0.1) is 0 Å². The normalized spacial score (nSPS) is 13.7. The summed E-state index contributed by atoms with van der Waals surface area (Å²) in [5.41, 5.74) is -2.02. The summed E-state index contributed by atoms with van der Waals surface area (Å²) in [6.07, 6.45) is -0.0671. The Morgan fingerprint density at radius 1 is 1.12 bits per heavy atom. The van der Waals surface area contributed by atoms with Crippen LogP contribution in [0.2, 0.25) is 0 Å². The SMILES string of the molecule is CC(C)(C)OC(=O)NC(C/C(O)=C/C(=N)C=O)C(=O)OC(C)(C)C. The van der Waals surface area contributed by atoms with Gasteiger partial charge in [-0.3, -0.25) is 10.2 Å². The van der Waals surface area contributed by atoms with Crippen LogP contribution in [0.4, 0.5) is 4.79 Å². The summed E-state index contributed by atoms with van der Waals surface area (Å²) in [7, 11) is 0. The molecular weight excluding hydrogens is 316 g/mol. The number of aldehydes is 1. The fraction of sp³-hybridized carbons (Fsp3) is 0.625. The molecule has 0 heterocycles. The maximum atomic E-state index is 12.2. The number of hydrogen-bond donors (Lipinski definition) is 3. The molecule has 136 valence electrons. The Morgan fingerprint density at radius 3 is 2.04 bits per heavy atom. The zero-order chi connectivity index (χ0) is 19.1. The van der Waals surface area contributed by atoms with Gasteiger partial charge in [0.25, 0.3) is 0 Å². The van der Waals surface area contributed by atoms with E-state index in [1.807, 2.05) is 0 Å². The van der Waals surface area contributed by atoms with Crippen LogP contribution in [0.25, 0.3) is 0 Å². The van der Waals surface area contributed by atoms with Crippen molar-refractivity contribution in [3.8, 4) is 0 Å². The van der Waals surface area contributed by atoms with Crippen molar-refractivity contribution in [1.29, 1.82) is 5.41 Å². The fourth-order valence-corrected chi connectivity index (χ4v) is 1.50. The van der Waals surface area contributed by atoms with E-state index in [-0.39, 0.29) is 12.7 Å². The highest BCUT2D eigenvalue weighted by Crippen LogP contribution is 2.13. The minimum atomic E-state index is -1.23. The van der Waals surface area contributed by atoms with Crippen LogP contribution in [-0.4, -0.2) is 46.4 Å². The van der Waals surface area contributed by atoms with Crippen LogP contribution in [0.5, 0.6) is 0 Å². The third-order valence-electron chi connectivity index (χ3n) is 2.24. The Labute approximate surface area is 141 Å². The molecule has 8 nitrogen and oxygen atoms in total. The first kappa shape index (κ1) is 21.6. The predicted octanol–water partition coefficient (Wildman–Crippen LogP) is 2.27. The molecule has 0 aromatic heterocycles. The number of esters is 1. The molecule has 0 fully saturated rings. The van der Waals surface area contributed by atoms with E-state index >= 15 is 0 Å². The average Bonchev–Trinajstić information content (AvgIpc) is 2.33. The van der Waals surface area contributed by atoms with Gasteiger partial charge >= 0.3 is 12.1 Å². The molecule has 3 N–H and O–H groups in total. The Morgan fingerprint density at radius 2 is 1.62 bits per heavy atom. The molecule has 0 aromatic rings. The molecule has 1 amide bonds. The van der Waals surface area contributed by atoms with E-state index in [0.717, 1.165) is 6.08 Å². The van der Waals surface area contributed by atoms with Gasteiger partial charge in [0.15, 0.2) is 6.29 Å². The zero-order valence-electron chi connectivity index (χ0n) is 14.9. The van der Waals surface area contributed by atoms with Crippen LogP contribution >= 0.6 is 0 Å². The second-order valence-electron chi connectivity index (χ2n) is 7.15. The lowest BCUT2D eigenvalue weighted by molar-refractivity contribution is -0.157. The highest BCUT2D eigenvalue weighted by atomic mass is 16.6. The highest BCUT2D eigenvalue weighted by Gasteiger charge is 2.29. The van der Waals surface area contributed by atoms with Gasteiger partial charge in [-0.2, -0.15) is 0 Å². The van der Waals surface area contributed by atoms with E-state index in [9.17, 15) is 19.5 Å². The quantitative estimate of drug-likeness (QED) is 0.294. The molecule has 0 rings (SSSR count). The van der Waals surface area contributed by atoms with Crippen LogP contribution in [-0.2, 0) is 19.1 Å². The van der Waals surface area contributed by atoms with Crippen LogP contribution < -0.4 is 5.32 Å². The van der Waals surface area contributed by atoms with Crippen molar-refractivity contribution in [2.45, 2.75) is 65.2 Å². The summed E-state index contributed by atoms with van der Waals surface area (Å²) >= 11 is 0. The lowest BCUT2D eigenvalue weighted by atomic mass is 10.1. The van der Waals surface area contributed by atoms with Crippen LogP contribution in [0, 0.1) is 5.41 Å². The highest BCUT2D eigenvalue weighted by molar-refractivity contribution is 6.32. The Balaban J connectivity index is 5.19. The minimum Gasteiger partial charge on any atom is -0.512 e. The van der Waals surface area contributed by atoms with E-state index in [4.69, 9.17) is 14.9 Å². The van der Waals surface area contributed by atoms with Gasteiger partial charge in [0.2, 0.25) is 0 Å². The van der Waals surface area contributed by atoms with E-state index < -0.39 is 40.8 Å². The second-order valence-corrected chi connectivity index (χ2v) is 7.15.